The molecule has 8 N–H and O–H groups in total. The molecule has 6 atom stereocenters. The van der Waals surface area contributed by atoms with Gasteiger partial charge in [-0.15, -0.1) is 0 Å². The Morgan fingerprint density at radius 1 is 1.15 bits per heavy atom. The SMILES string of the molecule is C[C@@]1(O)[C@H](O)[C@@H](COP(=O)(O)OP(=O)(O)OP(=O)(O)O)O[C@H]1N1Cc2ccc(=O)[nH]c2NC1=O. The fourth-order valence-corrected chi connectivity index (χ4v) is 6.29. The number of fused-ring (bicyclic) bond motifs is 1. The first-order valence-corrected chi connectivity index (χ1v) is 13.6. The number of aromatic nitrogens is 1. The molecule has 0 aliphatic carbocycles. The van der Waals surface area contributed by atoms with Gasteiger partial charge >= 0.3 is 29.5 Å². The van der Waals surface area contributed by atoms with Gasteiger partial charge in [0.2, 0.25) is 5.56 Å². The molecule has 21 heteroatoms. The summed E-state index contributed by atoms with van der Waals surface area (Å²) in [5.41, 5.74) is -2.19. The lowest BCUT2D eigenvalue weighted by atomic mass is 9.95. The van der Waals surface area contributed by atoms with Crippen molar-refractivity contribution in [3.63, 3.8) is 0 Å². The maximum Gasteiger partial charge on any atom is 0.490 e. The van der Waals surface area contributed by atoms with E-state index < -0.39 is 65.7 Å². The minimum absolute atomic E-state index is 0.121. The van der Waals surface area contributed by atoms with Gasteiger partial charge in [-0.3, -0.25) is 19.5 Å². The number of carbonyl (C=O) groups is 1. The van der Waals surface area contributed by atoms with Crippen molar-refractivity contribution in [2.45, 2.75) is 37.5 Å². The monoisotopic (exact) mass is 551 g/mol. The number of carbonyl (C=O) groups excluding carboxylic acids is 1. The van der Waals surface area contributed by atoms with Crippen LogP contribution in [0.3, 0.4) is 0 Å². The zero-order valence-electron chi connectivity index (χ0n) is 16.9. The van der Waals surface area contributed by atoms with Crippen LogP contribution in [-0.2, 0) is 38.1 Å². The van der Waals surface area contributed by atoms with Gasteiger partial charge < -0.3 is 39.5 Å². The number of nitrogens with zero attached hydrogens (tertiary/aromatic N) is 1. The first-order valence-electron chi connectivity index (χ1n) is 9.04. The molecule has 0 bridgehead atoms. The van der Waals surface area contributed by atoms with Crippen LogP contribution in [0.2, 0.25) is 0 Å². The molecule has 2 aliphatic heterocycles. The molecule has 2 aliphatic rings. The van der Waals surface area contributed by atoms with E-state index >= 15 is 0 Å². The van der Waals surface area contributed by atoms with Gasteiger partial charge in [0.25, 0.3) is 0 Å². The molecule has 2 amide bonds. The van der Waals surface area contributed by atoms with E-state index in [1.54, 1.807) is 0 Å². The number of phosphoric ester groups is 1. The molecular formula is C13H20N3O15P3. The third kappa shape index (κ3) is 6.19. The van der Waals surface area contributed by atoms with E-state index in [0.717, 1.165) is 11.8 Å². The van der Waals surface area contributed by atoms with Crippen LogP contribution in [0.4, 0.5) is 10.6 Å². The molecule has 1 fully saturated rings. The second-order valence-electron chi connectivity index (χ2n) is 7.37. The summed E-state index contributed by atoms with van der Waals surface area (Å²) in [6.07, 6.45) is -4.94. The van der Waals surface area contributed by atoms with Gasteiger partial charge in [0.15, 0.2) is 6.23 Å². The second kappa shape index (κ2) is 9.19. The highest BCUT2D eigenvalue weighted by Crippen LogP contribution is 2.66. The van der Waals surface area contributed by atoms with Crippen LogP contribution in [0.25, 0.3) is 0 Å². The Morgan fingerprint density at radius 3 is 2.41 bits per heavy atom. The molecule has 34 heavy (non-hydrogen) atoms. The smallest absolute Gasteiger partial charge is 0.387 e. The predicted molar refractivity (Wildman–Crippen MR) is 107 cm³/mol. The van der Waals surface area contributed by atoms with Crippen LogP contribution < -0.4 is 10.9 Å². The van der Waals surface area contributed by atoms with Gasteiger partial charge in [0, 0.05) is 11.6 Å². The van der Waals surface area contributed by atoms with Gasteiger partial charge in [-0.1, -0.05) is 0 Å². The molecule has 192 valence electrons. The van der Waals surface area contributed by atoms with E-state index in [1.165, 1.54) is 12.1 Å². The van der Waals surface area contributed by atoms with E-state index in [4.69, 9.17) is 19.4 Å². The minimum atomic E-state index is -5.75. The lowest BCUT2D eigenvalue weighted by molar-refractivity contribution is -0.120. The van der Waals surface area contributed by atoms with Crippen LogP contribution in [0.1, 0.15) is 12.5 Å². The van der Waals surface area contributed by atoms with Crippen molar-refractivity contribution in [1.29, 1.82) is 0 Å². The average Bonchev–Trinajstić information content (AvgIpc) is 2.86. The number of H-pyrrole nitrogens is 1. The van der Waals surface area contributed by atoms with E-state index in [2.05, 4.69) is 23.4 Å². The van der Waals surface area contributed by atoms with Crippen LogP contribution in [0.15, 0.2) is 16.9 Å². The van der Waals surface area contributed by atoms with Gasteiger partial charge in [-0.2, -0.15) is 8.62 Å². The lowest BCUT2D eigenvalue weighted by Gasteiger charge is -2.38. The summed E-state index contributed by atoms with van der Waals surface area (Å²) in [6, 6.07) is 1.79. The summed E-state index contributed by atoms with van der Waals surface area (Å²) in [4.78, 5) is 63.1. The molecular weight excluding hydrogens is 531 g/mol. The fraction of sp³-hybridized carbons (Fsp3) is 0.538. The highest BCUT2D eigenvalue weighted by molar-refractivity contribution is 7.66. The normalized spacial score (nSPS) is 30.9. The number of aliphatic hydroxyl groups is 2. The van der Waals surface area contributed by atoms with Crippen LogP contribution in [-0.4, -0.2) is 76.3 Å². The van der Waals surface area contributed by atoms with E-state index in [-0.39, 0.29) is 12.4 Å². The Morgan fingerprint density at radius 2 is 1.79 bits per heavy atom. The number of pyridine rings is 1. The van der Waals surface area contributed by atoms with Crippen molar-refractivity contribution in [2.75, 3.05) is 11.9 Å². The Labute approximate surface area is 189 Å². The predicted octanol–water partition coefficient (Wildman–Crippen LogP) is -1.10. The molecule has 0 aromatic carbocycles. The summed E-state index contributed by atoms with van der Waals surface area (Å²) >= 11 is 0. The Balaban J connectivity index is 1.70. The molecule has 0 spiro atoms. The largest absolute Gasteiger partial charge is 0.490 e. The van der Waals surface area contributed by atoms with Crippen molar-refractivity contribution in [2.24, 2.45) is 0 Å². The Hall–Kier alpha value is -1.49. The maximum atomic E-state index is 12.5. The fourth-order valence-electron chi connectivity index (χ4n) is 3.26. The van der Waals surface area contributed by atoms with Gasteiger partial charge in [-0.25, -0.2) is 18.5 Å². The highest BCUT2D eigenvalue weighted by Gasteiger charge is 2.56. The van der Waals surface area contributed by atoms with Crippen LogP contribution >= 0.6 is 23.5 Å². The summed E-state index contributed by atoms with van der Waals surface area (Å²) < 4.78 is 50.9. The number of amides is 2. The van der Waals surface area contributed by atoms with Gasteiger partial charge in [-0.05, 0) is 13.0 Å². The summed E-state index contributed by atoms with van der Waals surface area (Å²) in [5.74, 6) is 0.121. The van der Waals surface area contributed by atoms with E-state index in [0.29, 0.717) is 5.56 Å². The number of hydrogen-bond acceptors (Lipinski definition) is 11. The number of anilines is 1. The summed E-state index contributed by atoms with van der Waals surface area (Å²) in [5, 5.41) is 23.5. The summed E-state index contributed by atoms with van der Waals surface area (Å²) in [6.45, 7) is -0.117. The van der Waals surface area contributed by atoms with E-state index in [1.807, 2.05) is 0 Å². The molecule has 1 saturated heterocycles. The number of urea groups is 1. The first kappa shape index (κ1) is 27.1. The molecule has 1 aromatic rings. The number of hydrogen-bond donors (Lipinski definition) is 8. The van der Waals surface area contributed by atoms with Crippen molar-refractivity contribution >= 4 is 35.3 Å². The third-order valence-corrected chi connectivity index (χ3v) is 8.50. The molecule has 18 nitrogen and oxygen atoms in total. The standard InChI is InChI=1S/C13H20N3O15P3/c1-13(20)9(18)7(5-28-33(24,25)31-34(26,27)30-32(21,22)23)29-11(13)16-4-6-2-3-8(17)14-10(6)15-12(16)19/h2-3,7,9,11,18,20H,4-5H2,1H3,(H,24,25)(H,26,27)(H2,21,22,23)(H2,14,15,17,19)/t7-,9-,11-,13-/m1/s1. The number of nitrogens with one attached hydrogen (secondary N) is 2. The van der Waals surface area contributed by atoms with Crippen LogP contribution in [0, 0.1) is 0 Å². The van der Waals surface area contributed by atoms with Crippen molar-refractivity contribution in [1.82, 2.24) is 9.88 Å². The van der Waals surface area contributed by atoms with Crippen molar-refractivity contribution in [3.05, 3.63) is 28.0 Å². The van der Waals surface area contributed by atoms with Crippen molar-refractivity contribution in [3.8, 4) is 0 Å². The Kier molecular flexibility index (Phi) is 7.32. The van der Waals surface area contributed by atoms with Gasteiger partial charge in [0.05, 0.1) is 13.2 Å². The summed E-state index contributed by atoms with van der Waals surface area (Å²) in [7, 11) is -16.9. The number of ether oxygens (including phenoxy) is 1. The number of rotatable bonds is 8. The van der Waals surface area contributed by atoms with Crippen molar-refractivity contribution < 1.29 is 66.2 Å². The molecule has 3 heterocycles. The lowest BCUT2D eigenvalue weighted by Crippen LogP contribution is -2.56. The second-order valence-corrected chi connectivity index (χ2v) is 11.8. The van der Waals surface area contributed by atoms with Crippen LogP contribution in [0.5, 0.6) is 0 Å². The zero-order valence-corrected chi connectivity index (χ0v) is 19.6. The molecule has 2 unspecified atom stereocenters. The molecule has 0 radical (unpaired) electrons. The maximum absolute atomic E-state index is 12.5. The first-order chi connectivity index (χ1) is 15.4. The minimum Gasteiger partial charge on any atom is -0.387 e. The number of aromatic amines is 1. The average molecular weight is 551 g/mol. The number of phosphoric acid groups is 3. The molecule has 1 aromatic heterocycles. The number of aliphatic hydroxyl groups excluding tert-OH is 1. The molecule has 0 saturated carbocycles. The van der Waals surface area contributed by atoms with Gasteiger partial charge in [0.1, 0.15) is 23.6 Å². The third-order valence-electron chi connectivity index (χ3n) is 4.69. The Bertz CT molecular complexity index is 1160. The highest BCUT2D eigenvalue weighted by atomic mass is 31.3. The zero-order chi connectivity index (χ0) is 25.7. The molecule has 3 rings (SSSR count). The van der Waals surface area contributed by atoms with E-state index in [9.17, 15) is 38.4 Å². The quantitative estimate of drug-likeness (QED) is 0.178. The topological polar surface area (TPSA) is 275 Å².